The lowest BCUT2D eigenvalue weighted by Crippen LogP contribution is -2.50. The number of hydrogen-bond acceptors (Lipinski definition) is 3. The first-order chi connectivity index (χ1) is 10.7. The zero-order valence-electron chi connectivity index (χ0n) is 13.1. The standard InChI is InChI=1S/C16H24N4O2/c1-19-13(9-10-17-19)14-7-4-5-11-20(14)16(22)12-6-2-3-8-15(21)18-12/h9-10,12,14H,2-8,11H2,1H3,(H,18,21)/t12-,14+/m0/s1. The Morgan fingerprint density at radius 2 is 2.09 bits per heavy atom. The van der Waals surface area contributed by atoms with Crippen LogP contribution in [0.2, 0.25) is 0 Å². The first-order valence-electron chi connectivity index (χ1n) is 8.24. The quantitative estimate of drug-likeness (QED) is 0.901. The van der Waals surface area contributed by atoms with Gasteiger partial charge in [0.15, 0.2) is 0 Å². The fourth-order valence-corrected chi connectivity index (χ4v) is 3.57. The molecular formula is C16H24N4O2. The number of piperidine rings is 1. The molecule has 3 heterocycles. The van der Waals surface area contributed by atoms with Gasteiger partial charge in [0.05, 0.1) is 11.7 Å². The van der Waals surface area contributed by atoms with Gasteiger partial charge in [-0.05, 0) is 38.2 Å². The van der Waals surface area contributed by atoms with E-state index in [1.165, 1.54) is 0 Å². The maximum atomic E-state index is 12.9. The molecule has 0 saturated carbocycles. The Morgan fingerprint density at radius 1 is 1.27 bits per heavy atom. The molecule has 2 amide bonds. The molecule has 0 unspecified atom stereocenters. The molecule has 0 spiro atoms. The average Bonchev–Trinajstić information content (AvgIpc) is 2.83. The summed E-state index contributed by atoms with van der Waals surface area (Å²) < 4.78 is 1.85. The zero-order chi connectivity index (χ0) is 15.5. The molecule has 0 aromatic carbocycles. The van der Waals surface area contributed by atoms with E-state index in [9.17, 15) is 9.59 Å². The van der Waals surface area contributed by atoms with Crippen molar-refractivity contribution in [2.75, 3.05) is 6.54 Å². The lowest BCUT2D eigenvalue weighted by atomic mass is 9.97. The van der Waals surface area contributed by atoms with E-state index >= 15 is 0 Å². The van der Waals surface area contributed by atoms with Crippen molar-refractivity contribution in [3.63, 3.8) is 0 Å². The average molecular weight is 304 g/mol. The molecule has 2 aliphatic heterocycles. The van der Waals surface area contributed by atoms with E-state index < -0.39 is 0 Å². The molecule has 2 saturated heterocycles. The summed E-state index contributed by atoms with van der Waals surface area (Å²) in [5.74, 6) is 0.0751. The number of rotatable bonds is 2. The van der Waals surface area contributed by atoms with Crippen molar-refractivity contribution >= 4 is 11.8 Å². The summed E-state index contributed by atoms with van der Waals surface area (Å²) in [5.41, 5.74) is 1.08. The largest absolute Gasteiger partial charge is 0.344 e. The summed E-state index contributed by atoms with van der Waals surface area (Å²) >= 11 is 0. The third kappa shape index (κ3) is 3.00. The van der Waals surface area contributed by atoms with E-state index in [-0.39, 0.29) is 23.9 Å². The minimum atomic E-state index is -0.358. The van der Waals surface area contributed by atoms with Crippen LogP contribution in [0.25, 0.3) is 0 Å². The van der Waals surface area contributed by atoms with E-state index in [4.69, 9.17) is 0 Å². The first kappa shape index (κ1) is 15.1. The number of carbonyl (C=O) groups excluding carboxylic acids is 2. The third-order valence-electron chi connectivity index (χ3n) is 4.77. The van der Waals surface area contributed by atoms with Gasteiger partial charge < -0.3 is 10.2 Å². The zero-order valence-corrected chi connectivity index (χ0v) is 13.1. The summed E-state index contributed by atoms with van der Waals surface area (Å²) in [6.45, 7) is 0.765. The molecule has 0 radical (unpaired) electrons. The van der Waals surface area contributed by atoms with Crippen molar-refractivity contribution in [2.45, 2.75) is 57.0 Å². The topological polar surface area (TPSA) is 67.2 Å². The first-order valence-corrected chi connectivity index (χ1v) is 8.24. The maximum absolute atomic E-state index is 12.9. The molecule has 6 nitrogen and oxygen atoms in total. The van der Waals surface area contributed by atoms with Crippen LogP contribution in [0.4, 0.5) is 0 Å². The van der Waals surface area contributed by atoms with Gasteiger partial charge in [-0.1, -0.05) is 6.42 Å². The number of likely N-dealkylation sites (tertiary alicyclic amines) is 1. The number of nitrogens with one attached hydrogen (secondary N) is 1. The molecular weight excluding hydrogens is 280 g/mol. The molecule has 3 rings (SSSR count). The molecule has 1 aromatic rings. The number of hydrogen-bond donors (Lipinski definition) is 1. The van der Waals surface area contributed by atoms with Gasteiger partial charge in [-0.3, -0.25) is 14.3 Å². The molecule has 1 aromatic heterocycles. The second-order valence-corrected chi connectivity index (χ2v) is 6.29. The Morgan fingerprint density at radius 3 is 2.86 bits per heavy atom. The van der Waals surface area contributed by atoms with Gasteiger partial charge in [-0.25, -0.2) is 0 Å². The van der Waals surface area contributed by atoms with Crippen molar-refractivity contribution in [2.24, 2.45) is 7.05 Å². The van der Waals surface area contributed by atoms with E-state index in [1.807, 2.05) is 22.7 Å². The second-order valence-electron chi connectivity index (χ2n) is 6.29. The minimum Gasteiger partial charge on any atom is -0.344 e. The number of nitrogens with zero attached hydrogens (tertiary/aromatic N) is 3. The lowest BCUT2D eigenvalue weighted by molar-refractivity contribution is -0.139. The predicted octanol–water partition coefficient (Wildman–Crippen LogP) is 1.53. The van der Waals surface area contributed by atoms with Crippen LogP contribution < -0.4 is 5.32 Å². The van der Waals surface area contributed by atoms with Crippen LogP contribution in [-0.2, 0) is 16.6 Å². The lowest BCUT2D eigenvalue weighted by Gasteiger charge is -2.37. The fraction of sp³-hybridized carbons (Fsp3) is 0.688. The van der Waals surface area contributed by atoms with Crippen molar-refractivity contribution in [3.8, 4) is 0 Å². The van der Waals surface area contributed by atoms with Crippen molar-refractivity contribution in [3.05, 3.63) is 18.0 Å². The highest BCUT2D eigenvalue weighted by molar-refractivity contribution is 5.88. The predicted molar refractivity (Wildman–Crippen MR) is 81.9 cm³/mol. The molecule has 0 bridgehead atoms. The van der Waals surface area contributed by atoms with Gasteiger partial charge >= 0.3 is 0 Å². The van der Waals surface area contributed by atoms with Gasteiger partial charge in [0.1, 0.15) is 6.04 Å². The Balaban J connectivity index is 1.79. The van der Waals surface area contributed by atoms with Gasteiger partial charge in [0.25, 0.3) is 0 Å². The van der Waals surface area contributed by atoms with Gasteiger partial charge in [-0.15, -0.1) is 0 Å². The molecule has 2 fully saturated rings. The van der Waals surface area contributed by atoms with E-state index in [0.29, 0.717) is 6.42 Å². The molecule has 120 valence electrons. The van der Waals surface area contributed by atoms with Crippen LogP contribution in [0.5, 0.6) is 0 Å². The molecule has 2 aliphatic rings. The second kappa shape index (κ2) is 6.50. The third-order valence-corrected chi connectivity index (χ3v) is 4.77. The highest BCUT2D eigenvalue weighted by Crippen LogP contribution is 2.31. The van der Waals surface area contributed by atoms with Crippen molar-refractivity contribution in [1.82, 2.24) is 20.0 Å². The van der Waals surface area contributed by atoms with Gasteiger partial charge in [0.2, 0.25) is 11.8 Å². The van der Waals surface area contributed by atoms with Gasteiger partial charge in [-0.2, -0.15) is 5.10 Å². The van der Waals surface area contributed by atoms with Crippen molar-refractivity contribution in [1.29, 1.82) is 0 Å². The summed E-state index contributed by atoms with van der Waals surface area (Å²) in [6, 6.07) is 1.71. The highest BCUT2D eigenvalue weighted by Gasteiger charge is 2.34. The summed E-state index contributed by atoms with van der Waals surface area (Å²) in [6.07, 6.45) is 7.98. The maximum Gasteiger partial charge on any atom is 0.245 e. The van der Waals surface area contributed by atoms with Crippen LogP contribution in [0.15, 0.2) is 12.3 Å². The summed E-state index contributed by atoms with van der Waals surface area (Å²) in [7, 11) is 1.92. The highest BCUT2D eigenvalue weighted by atomic mass is 16.2. The van der Waals surface area contributed by atoms with E-state index in [2.05, 4.69) is 10.4 Å². The molecule has 1 N–H and O–H groups in total. The smallest absolute Gasteiger partial charge is 0.245 e. The van der Waals surface area contributed by atoms with Gasteiger partial charge in [0, 0.05) is 26.2 Å². The fourth-order valence-electron chi connectivity index (χ4n) is 3.57. The Bertz CT molecular complexity index is 554. The van der Waals surface area contributed by atoms with Crippen LogP contribution in [0.3, 0.4) is 0 Å². The van der Waals surface area contributed by atoms with Crippen LogP contribution in [0, 0.1) is 0 Å². The SMILES string of the molecule is Cn1nccc1[C@H]1CCCCN1C(=O)[C@@H]1CCCCC(=O)N1. The van der Waals surface area contributed by atoms with E-state index in [1.54, 1.807) is 6.20 Å². The molecule has 2 atom stereocenters. The Hall–Kier alpha value is -1.85. The number of aromatic nitrogens is 2. The monoisotopic (exact) mass is 304 g/mol. The molecule has 6 heteroatoms. The molecule has 22 heavy (non-hydrogen) atoms. The van der Waals surface area contributed by atoms with Crippen LogP contribution >= 0.6 is 0 Å². The number of amides is 2. The summed E-state index contributed by atoms with van der Waals surface area (Å²) in [5, 5.41) is 7.14. The Labute approximate surface area is 130 Å². The van der Waals surface area contributed by atoms with Crippen LogP contribution in [-0.4, -0.2) is 39.1 Å². The number of aryl methyl sites for hydroxylation is 1. The Kier molecular flexibility index (Phi) is 4.45. The normalized spacial score (nSPS) is 26.4. The van der Waals surface area contributed by atoms with Crippen LogP contribution in [0.1, 0.15) is 56.7 Å². The molecule has 0 aliphatic carbocycles. The van der Waals surface area contributed by atoms with Crippen molar-refractivity contribution < 1.29 is 9.59 Å². The van der Waals surface area contributed by atoms with E-state index in [0.717, 1.165) is 50.8 Å². The summed E-state index contributed by atoms with van der Waals surface area (Å²) in [4.78, 5) is 26.7. The minimum absolute atomic E-state index is 0.00458. The number of carbonyl (C=O) groups is 2.